The van der Waals surface area contributed by atoms with Gasteiger partial charge in [0.25, 0.3) is 0 Å². The molecule has 0 radical (unpaired) electrons. The number of nitrogens with zero attached hydrogens (tertiary/aromatic N) is 1. The lowest BCUT2D eigenvalue weighted by Gasteiger charge is -2.32. The highest BCUT2D eigenvalue weighted by molar-refractivity contribution is 5.78. The molecule has 1 heterocycles. The number of benzene rings is 2. The lowest BCUT2D eigenvalue weighted by Crippen LogP contribution is -2.42. The molecule has 1 amide bonds. The molecule has 2 aromatic rings. The molecule has 27 heavy (non-hydrogen) atoms. The Hall–Kier alpha value is -2.20. The minimum atomic E-state index is -0.208. The second-order valence-corrected chi connectivity index (χ2v) is 7.58. The van der Waals surface area contributed by atoms with Gasteiger partial charge < -0.3 is 5.32 Å². The van der Waals surface area contributed by atoms with Crippen LogP contribution in [-0.4, -0.2) is 30.4 Å². The highest BCUT2D eigenvalue weighted by Gasteiger charge is 2.25. The van der Waals surface area contributed by atoms with E-state index in [0.717, 1.165) is 57.4 Å². The predicted octanol–water partition coefficient (Wildman–Crippen LogP) is 4.10. The first-order valence-electron chi connectivity index (χ1n) is 9.90. The van der Waals surface area contributed by atoms with Gasteiger partial charge >= 0.3 is 0 Å². The van der Waals surface area contributed by atoms with E-state index in [1.165, 1.54) is 23.3 Å². The third kappa shape index (κ3) is 6.17. The van der Waals surface area contributed by atoms with Gasteiger partial charge in [-0.3, -0.25) is 9.69 Å². The fourth-order valence-corrected chi connectivity index (χ4v) is 3.66. The maximum atomic E-state index is 13.0. The monoisotopic (exact) mass is 368 g/mol. The Balaban J connectivity index is 1.40. The smallest absolute Gasteiger partial charge is 0.224 e. The Labute approximate surface area is 161 Å². The van der Waals surface area contributed by atoms with Crippen LogP contribution in [0.3, 0.4) is 0 Å². The Morgan fingerprint density at radius 2 is 1.81 bits per heavy atom. The van der Waals surface area contributed by atoms with Crippen LogP contribution in [0.25, 0.3) is 0 Å². The summed E-state index contributed by atoms with van der Waals surface area (Å²) in [6, 6.07) is 15.2. The second-order valence-electron chi connectivity index (χ2n) is 7.58. The van der Waals surface area contributed by atoms with E-state index in [2.05, 4.69) is 41.4 Å². The van der Waals surface area contributed by atoms with Gasteiger partial charge in [0.05, 0.1) is 5.92 Å². The summed E-state index contributed by atoms with van der Waals surface area (Å²) in [5.74, 6) is 0.0153. The Morgan fingerprint density at radius 3 is 2.56 bits per heavy atom. The van der Waals surface area contributed by atoms with Gasteiger partial charge in [0, 0.05) is 19.6 Å². The molecule has 3 nitrogen and oxygen atoms in total. The van der Waals surface area contributed by atoms with Crippen LogP contribution in [-0.2, 0) is 17.8 Å². The van der Waals surface area contributed by atoms with E-state index >= 15 is 0 Å². The van der Waals surface area contributed by atoms with Crippen molar-refractivity contribution in [1.29, 1.82) is 0 Å². The third-order valence-corrected chi connectivity index (χ3v) is 5.26. The van der Waals surface area contributed by atoms with Crippen molar-refractivity contribution in [1.82, 2.24) is 10.2 Å². The van der Waals surface area contributed by atoms with Crippen molar-refractivity contribution >= 4 is 5.91 Å². The summed E-state index contributed by atoms with van der Waals surface area (Å²) in [5, 5.41) is 3.11. The quantitative estimate of drug-likeness (QED) is 0.747. The molecule has 3 rings (SSSR count). The third-order valence-electron chi connectivity index (χ3n) is 5.26. The fraction of sp³-hybridized carbons (Fsp3) is 0.435. The zero-order valence-corrected chi connectivity index (χ0v) is 16.1. The molecule has 1 atom stereocenters. The highest BCUT2D eigenvalue weighted by Crippen LogP contribution is 2.19. The molecule has 1 aliphatic rings. The molecule has 0 aliphatic carbocycles. The summed E-state index contributed by atoms with van der Waals surface area (Å²) in [5.41, 5.74) is 3.68. The number of nitrogens with one attached hydrogen (secondary N) is 1. The van der Waals surface area contributed by atoms with Gasteiger partial charge in [0.2, 0.25) is 5.91 Å². The van der Waals surface area contributed by atoms with Crippen LogP contribution in [0.2, 0.25) is 0 Å². The standard InChI is InChI=1S/C23H29FN2O/c1-18-6-8-19(9-7-18)4-2-14-25-23(27)21-5-3-15-26(17-21)16-20-10-12-22(24)13-11-20/h6-13,21H,2-5,14-17H2,1H3,(H,25,27)/t21-/m1/s1. The molecule has 0 bridgehead atoms. The number of rotatable bonds is 7. The van der Waals surface area contributed by atoms with Crippen molar-refractivity contribution < 1.29 is 9.18 Å². The van der Waals surface area contributed by atoms with Crippen LogP contribution < -0.4 is 5.32 Å². The number of carbonyl (C=O) groups is 1. The van der Waals surface area contributed by atoms with E-state index in [9.17, 15) is 9.18 Å². The molecule has 144 valence electrons. The zero-order valence-electron chi connectivity index (χ0n) is 16.1. The topological polar surface area (TPSA) is 32.3 Å². The maximum Gasteiger partial charge on any atom is 0.224 e. The average Bonchev–Trinajstić information content (AvgIpc) is 2.68. The van der Waals surface area contributed by atoms with Crippen LogP contribution in [0, 0.1) is 18.7 Å². The van der Waals surface area contributed by atoms with Gasteiger partial charge in [-0.05, 0) is 62.4 Å². The van der Waals surface area contributed by atoms with Crippen molar-refractivity contribution in [3.8, 4) is 0 Å². The normalized spacial score (nSPS) is 17.6. The SMILES string of the molecule is Cc1ccc(CCCNC(=O)[C@@H]2CCCN(Cc3ccc(F)cc3)C2)cc1. The molecule has 1 saturated heterocycles. The van der Waals surface area contributed by atoms with E-state index in [4.69, 9.17) is 0 Å². The number of hydrogen-bond acceptors (Lipinski definition) is 2. The lowest BCUT2D eigenvalue weighted by atomic mass is 9.96. The van der Waals surface area contributed by atoms with E-state index in [-0.39, 0.29) is 17.6 Å². The molecule has 0 aromatic heterocycles. The number of piperidine rings is 1. The number of likely N-dealkylation sites (tertiary alicyclic amines) is 1. The molecule has 1 fully saturated rings. The van der Waals surface area contributed by atoms with Gasteiger partial charge in [-0.15, -0.1) is 0 Å². The molecule has 0 spiro atoms. The molecular formula is C23H29FN2O. The van der Waals surface area contributed by atoms with Gasteiger partial charge in [-0.2, -0.15) is 0 Å². The summed E-state index contributed by atoms with van der Waals surface area (Å²) in [6.45, 7) is 5.36. The van der Waals surface area contributed by atoms with Gasteiger partial charge in [-0.1, -0.05) is 42.0 Å². The van der Waals surface area contributed by atoms with Gasteiger partial charge in [0.15, 0.2) is 0 Å². The Bertz CT molecular complexity index is 727. The Morgan fingerprint density at radius 1 is 1.11 bits per heavy atom. The zero-order chi connectivity index (χ0) is 19.1. The molecule has 0 unspecified atom stereocenters. The first kappa shape index (κ1) is 19.6. The van der Waals surface area contributed by atoms with Crippen molar-refractivity contribution in [2.75, 3.05) is 19.6 Å². The number of hydrogen-bond donors (Lipinski definition) is 1. The molecule has 0 saturated carbocycles. The van der Waals surface area contributed by atoms with Crippen LogP contribution in [0.5, 0.6) is 0 Å². The minimum Gasteiger partial charge on any atom is -0.356 e. The fourth-order valence-electron chi connectivity index (χ4n) is 3.66. The first-order chi connectivity index (χ1) is 13.1. The predicted molar refractivity (Wildman–Crippen MR) is 107 cm³/mol. The number of amides is 1. The van der Waals surface area contributed by atoms with Crippen LogP contribution in [0.1, 0.15) is 36.0 Å². The van der Waals surface area contributed by atoms with Crippen molar-refractivity contribution in [3.05, 3.63) is 71.0 Å². The molecule has 1 N–H and O–H groups in total. The maximum absolute atomic E-state index is 13.0. The summed E-state index contributed by atoms with van der Waals surface area (Å²) in [6.07, 6.45) is 3.93. The second kappa shape index (κ2) is 9.65. The van der Waals surface area contributed by atoms with E-state index < -0.39 is 0 Å². The highest BCUT2D eigenvalue weighted by atomic mass is 19.1. The summed E-state index contributed by atoms with van der Waals surface area (Å²) < 4.78 is 13.0. The first-order valence-corrected chi connectivity index (χ1v) is 9.90. The molecule has 1 aliphatic heterocycles. The Kier molecular flexibility index (Phi) is 6.99. The molecule has 4 heteroatoms. The van der Waals surface area contributed by atoms with Crippen molar-refractivity contribution in [2.45, 2.75) is 39.2 Å². The molecular weight excluding hydrogens is 339 g/mol. The number of carbonyl (C=O) groups excluding carboxylic acids is 1. The summed E-state index contributed by atoms with van der Waals surface area (Å²) >= 11 is 0. The molecule has 2 aromatic carbocycles. The number of halogens is 1. The van der Waals surface area contributed by atoms with E-state index in [0.29, 0.717) is 0 Å². The minimum absolute atomic E-state index is 0.0542. The van der Waals surface area contributed by atoms with E-state index in [1.54, 1.807) is 0 Å². The van der Waals surface area contributed by atoms with Gasteiger partial charge in [-0.25, -0.2) is 4.39 Å². The van der Waals surface area contributed by atoms with Crippen molar-refractivity contribution in [2.24, 2.45) is 5.92 Å². The van der Waals surface area contributed by atoms with Crippen LogP contribution in [0.15, 0.2) is 48.5 Å². The lowest BCUT2D eigenvalue weighted by molar-refractivity contribution is -0.126. The largest absolute Gasteiger partial charge is 0.356 e. The average molecular weight is 368 g/mol. The van der Waals surface area contributed by atoms with E-state index in [1.807, 2.05) is 12.1 Å². The summed E-state index contributed by atoms with van der Waals surface area (Å²) in [7, 11) is 0. The summed E-state index contributed by atoms with van der Waals surface area (Å²) in [4.78, 5) is 14.8. The van der Waals surface area contributed by atoms with Crippen LogP contribution in [0.4, 0.5) is 4.39 Å². The van der Waals surface area contributed by atoms with Crippen molar-refractivity contribution in [3.63, 3.8) is 0 Å². The van der Waals surface area contributed by atoms with Crippen LogP contribution >= 0.6 is 0 Å². The van der Waals surface area contributed by atoms with Gasteiger partial charge in [0.1, 0.15) is 5.82 Å². The number of aryl methyl sites for hydroxylation is 2.